The monoisotopic (exact) mass is 665 g/mol. The summed E-state index contributed by atoms with van der Waals surface area (Å²) in [6.07, 6.45) is 3.93. The molecule has 1 heterocycles. The topological polar surface area (TPSA) is 110 Å². The zero-order chi connectivity index (χ0) is 34.7. The molecule has 1 N–H and O–H groups in total. The van der Waals surface area contributed by atoms with Gasteiger partial charge in [0.15, 0.2) is 11.6 Å². The molecule has 3 aliphatic carbocycles. The Morgan fingerprint density at radius 3 is 1.98 bits per heavy atom. The lowest BCUT2D eigenvalue weighted by Crippen LogP contribution is -2.59. The molecule has 50 heavy (non-hydrogen) atoms. The first kappa shape index (κ1) is 31.5. The largest absolute Gasteiger partial charge is 0.508 e. The van der Waals surface area contributed by atoms with Crippen LogP contribution in [0.25, 0.3) is 5.57 Å². The summed E-state index contributed by atoms with van der Waals surface area (Å²) in [5, 5.41) is 10.7. The number of ether oxygens (including phenoxy) is 2. The van der Waals surface area contributed by atoms with Gasteiger partial charge in [0.05, 0.1) is 37.2 Å². The van der Waals surface area contributed by atoms with Crippen molar-refractivity contribution in [1.29, 1.82) is 0 Å². The molecule has 250 valence electrons. The molecule has 1 saturated heterocycles. The number of aromatic hydroxyl groups is 1. The molecule has 2 fully saturated rings. The van der Waals surface area contributed by atoms with E-state index in [2.05, 4.69) is 0 Å². The quantitative estimate of drug-likeness (QED) is 0.187. The Bertz CT molecular complexity index is 2080. The predicted molar refractivity (Wildman–Crippen MR) is 187 cm³/mol. The Morgan fingerprint density at radius 2 is 1.36 bits per heavy atom. The lowest BCUT2D eigenvalue weighted by atomic mass is 9.44. The summed E-state index contributed by atoms with van der Waals surface area (Å²) in [7, 11) is 2.96. The number of hydrogen-bond acceptors (Lipinski definition) is 7. The molecule has 8 heteroatoms. The number of amides is 2. The summed E-state index contributed by atoms with van der Waals surface area (Å²) in [5.74, 6) is -4.27. The number of fused-ring (bicyclic) bond motifs is 4. The Balaban J connectivity index is 1.42. The molecule has 4 aromatic rings. The molecule has 0 spiro atoms. The number of anilines is 1. The van der Waals surface area contributed by atoms with Gasteiger partial charge >= 0.3 is 0 Å². The van der Waals surface area contributed by atoms with Crippen molar-refractivity contribution >= 4 is 34.6 Å². The van der Waals surface area contributed by atoms with Gasteiger partial charge in [-0.05, 0) is 48.1 Å². The van der Waals surface area contributed by atoms with Gasteiger partial charge in [-0.2, -0.15) is 0 Å². The number of ketones is 2. The molecule has 0 aromatic heterocycles. The fourth-order valence-electron chi connectivity index (χ4n) is 9.23. The maximum Gasteiger partial charge on any atom is 0.238 e. The van der Waals surface area contributed by atoms with E-state index in [1.54, 1.807) is 24.3 Å². The van der Waals surface area contributed by atoms with Crippen LogP contribution in [0.2, 0.25) is 0 Å². The van der Waals surface area contributed by atoms with Crippen LogP contribution in [0.5, 0.6) is 17.2 Å². The van der Waals surface area contributed by atoms with E-state index in [9.17, 15) is 14.7 Å². The van der Waals surface area contributed by atoms with Gasteiger partial charge < -0.3 is 14.6 Å². The van der Waals surface area contributed by atoms with Gasteiger partial charge in [-0.3, -0.25) is 24.1 Å². The van der Waals surface area contributed by atoms with Gasteiger partial charge in [0.25, 0.3) is 0 Å². The molecule has 4 aromatic carbocycles. The number of hydrogen-bond donors (Lipinski definition) is 1. The number of nitrogens with zero attached hydrogens (tertiary/aromatic N) is 1. The third kappa shape index (κ3) is 4.44. The van der Waals surface area contributed by atoms with Crippen molar-refractivity contribution in [2.45, 2.75) is 24.2 Å². The fraction of sp³-hybridized carbons (Fsp3) is 0.238. The minimum Gasteiger partial charge on any atom is -0.508 e. The highest BCUT2D eigenvalue weighted by Crippen LogP contribution is 2.65. The van der Waals surface area contributed by atoms with Crippen LogP contribution in [-0.4, -0.2) is 42.7 Å². The molecule has 4 aliphatic rings. The van der Waals surface area contributed by atoms with Crippen LogP contribution in [0.1, 0.15) is 35.4 Å². The Labute approximate surface area is 289 Å². The van der Waals surface area contributed by atoms with E-state index in [0.717, 1.165) is 5.57 Å². The molecular formula is C42H35NO7. The third-order valence-electron chi connectivity index (χ3n) is 11.2. The van der Waals surface area contributed by atoms with E-state index in [1.807, 2.05) is 72.8 Å². The van der Waals surface area contributed by atoms with E-state index < -0.39 is 35.0 Å². The van der Waals surface area contributed by atoms with Crippen LogP contribution in [0.4, 0.5) is 5.69 Å². The van der Waals surface area contributed by atoms with Gasteiger partial charge in [-0.15, -0.1) is 0 Å². The average Bonchev–Trinajstić information content (AvgIpc) is 3.41. The molecule has 6 atom stereocenters. The summed E-state index contributed by atoms with van der Waals surface area (Å²) >= 11 is 0. The predicted octanol–water partition coefficient (Wildman–Crippen LogP) is 6.44. The molecule has 1 saturated carbocycles. The van der Waals surface area contributed by atoms with E-state index in [-0.39, 0.29) is 53.5 Å². The van der Waals surface area contributed by atoms with E-state index in [1.165, 1.54) is 37.3 Å². The molecular weight excluding hydrogens is 630 g/mol. The number of para-hydroxylation sites is 1. The first-order valence-corrected chi connectivity index (χ1v) is 16.8. The van der Waals surface area contributed by atoms with Crippen LogP contribution in [0, 0.1) is 23.7 Å². The molecule has 2 amide bonds. The lowest BCUT2D eigenvalue weighted by Gasteiger charge is -2.55. The number of methoxy groups -OCH3 is 2. The number of Topliss-reactive ketones (excluding diaryl/α,β-unsaturated/α-hetero) is 1. The SMILES string of the molecule is COc1cc(O)cc(OC)c1[C@H]1C2=CC[C@@H]3C(=O)N(c4ccccc4)C(=O)[C@@H]3[C@@H]2C[C@H]2C(=O)C(c3ccccc3)=CC(=O)[C@@]12c1ccccc1. The van der Waals surface area contributed by atoms with Crippen LogP contribution in [0.15, 0.2) is 121 Å². The Kier molecular flexibility index (Phi) is 7.55. The molecule has 0 unspecified atom stereocenters. The van der Waals surface area contributed by atoms with Crippen molar-refractivity contribution in [3.63, 3.8) is 0 Å². The molecule has 0 radical (unpaired) electrons. The maximum atomic E-state index is 15.3. The molecule has 0 bridgehead atoms. The van der Waals surface area contributed by atoms with Gasteiger partial charge in [0.2, 0.25) is 11.8 Å². The van der Waals surface area contributed by atoms with Crippen LogP contribution in [0.3, 0.4) is 0 Å². The van der Waals surface area contributed by atoms with Gasteiger partial charge in [-0.25, -0.2) is 0 Å². The van der Waals surface area contributed by atoms with Crippen molar-refractivity contribution in [1.82, 2.24) is 0 Å². The first-order valence-electron chi connectivity index (χ1n) is 16.8. The second kappa shape index (κ2) is 12.0. The highest BCUT2D eigenvalue weighted by Gasteiger charge is 2.66. The number of rotatable bonds is 6. The lowest BCUT2D eigenvalue weighted by molar-refractivity contribution is -0.135. The van der Waals surface area contributed by atoms with Crippen molar-refractivity contribution in [3.8, 4) is 17.2 Å². The number of benzene rings is 4. The average molecular weight is 666 g/mol. The van der Waals surface area contributed by atoms with Crippen molar-refractivity contribution < 1.29 is 33.8 Å². The number of phenols is 1. The highest BCUT2D eigenvalue weighted by molar-refractivity contribution is 6.32. The molecule has 8 nitrogen and oxygen atoms in total. The van der Waals surface area contributed by atoms with Gasteiger partial charge in [-0.1, -0.05) is 90.5 Å². The molecule has 8 rings (SSSR count). The van der Waals surface area contributed by atoms with Crippen LogP contribution in [-0.2, 0) is 24.6 Å². The van der Waals surface area contributed by atoms with E-state index in [0.29, 0.717) is 28.0 Å². The zero-order valence-electron chi connectivity index (χ0n) is 27.6. The standard InChI is InChI=1S/C42H35NO7/c1-49-33-20-27(44)21-34(50-2)37(33)38-28-18-19-29-36(41(48)43(40(29)47)26-16-10-5-11-17-26)31(28)22-32-39(46)30(24-12-6-3-7-13-24)23-35(45)42(32,38)25-14-8-4-9-15-25/h3-18,20-21,23,29,31-32,36,38,44H,19,22H2,1-2H3/t29-,31+,32-,36-,38+,42-/m0/s1. The Hall–Kier alpha value is -5.76. The minimum absolute atomic E-state index is 0.0924. The van der Waals surface area contributed by atoms with Gasteiger partial charge in [0, 0.05) is 35.1 Å². The second-order valence-corrected chi connectivity index (χ2v) is 13.4. The number of imide groups is 1. The van der Waals surface area contributed by atoms with Crippen molar-refractivity contribution in [2.24, 2.45) is 23.7 Å². The van der Waals surface area contributed by atoms with E-state index >= 15 is 9.59 Å². The summed E-state index contributed by atoms with van der Waals surface area (Å²) in [6, 6.07) is 30.3. The number of phenolic OH excluding ortho intramolecular Hbond substituents is 1. The number of allylic oxidation sites excluding steroid dienone is 4. The maximum absolute atomic E-state index is 15.3. The minimum atomic E-state index is -1.46. The van der Waals surface area contributed by atoms with Crippen molar-refractivity contribution in [3.05, 3.63) is 138 Å². The second-order valence-electron chi connectivity index (χ2n) is 13.4. The highest BCUT2D eigenvalue weighted by atomic mass is 16.5. The third-order valence-corrected chi connectivity index (χ3v) is 11.2. The summed E-state index contributed by atoms with van der Waals surface area (Å²) < 4.78 is 11.8. The summed E-state index contributed by atoms with van der Waals surface area (Å²) in [6.45, 7) is 0. The van der Waals surface area contributed by atoms with Crippen LogP contribution >= 0.6 is 0 Å². The van der Waals surface area contributed by atoms with E-state index in [4.69, 9.17) is 9.47 Å². The first-order chi connectivity index (χ1) is 24.3. The summed E-state index contributed by atoms with van der Waals surface area (Å²) in [4.78, 5) is 60.2. The molecule has 1 aliphatic heterocycles. The number of carbonyl (C=O) groups excluding carboxylic acids is 4. The fourth-order valence-corrected chi connectivity index (χ4v) is 9.23. The smallest absolute Gasteiger partial charge is 0.238 e. The van der Waals surface area contributed by atoms with Crippen LogP contribution < -0.4 is 14.4 Å². The summed E-state index contributed by atoms with van der Waals surface area (Å²) in [5.41, 5.74) is 1.91. The normalized spacial score (nSPS) is 27.2. The Morgan fingerprint density at radius 1 is 0.760 bits per heavy atom. The van der Waals surface area contributed by atoms with Gasteiger partial charge in [0.1, 0.15) is 17.2 Å². The zero-order valence-corrected chi connectivity index (χ0v) is 27.6. The number of carbonyl (C=O) groups is 4. The van der Waals surface area contributed by atoms with Crippen molar-refractivity contribution in [2.75, 3.05) is 19.1 Å².